The molecule has 4 aromatic rings. The fourth-order valence-corrected chi connectivity index (χ4v) is 3.54. The van der Waals surface area contributed by atoms with Crippen molar-refractivity contribution < 1.29 is 4.68 Å². The minimum absolute atomic E-state index is 0.978. The van der Waals surface area contributed by atoms with Crippen molar-refractivity contribution in [1.82, 2.24) is 4.52 Å². The average Bonchev–Trinajstić information content (AvgIpc) is 2.93. The molecule has 5 rings (SSSR count). The zero-order valence-electron chi connectivity index (χ0n) is 10.7. The van der Waals surface area contributed by atoms with Crippen molar-refractivity contribution in [2.75, 3.05) is 0 Å². The van der Waals surface area contributed by atoms with Gasteiger partial charge in [0.15, 0.2) is 0 Å². The van der Waals surface area contributed by atoms with Crippen molar-refractivity contribution in [1.29, 1.82) is 0 Å². The van der Waals surface area contributed by atoms with E-state index in [0.29, 0.717) is 0 Å². The molecule has 1 aliphatic rings. The molecule has 0 fully saturated rings. The molecule has 0 radical (unpaired) electrons. The molecule has 0 atom stereocenters. The predicted octanol–water partition coefficient (Wildman–Crippen LogP) is 3.20. The summed E-state index contributed by atoms with van der Waals surface area (Å²) in [5, 5.41) is 2.68. The van der Waals surface area contributed by atoms with E-state index in [1.165, 1.54) is 38.4 Å². The highest BCUT2D eigenvalue weighted by atomic mass is 15.4. The molecule has 0 amide bonds. The van der Waals surface area contributed by atoms with E-state index in [0.717, 1.165) is 6.54 Å². The summed E-state index contributed by atoms with van der Waals surface area (Å²) in [5.74, 6) is 0. The van der Waals surface area contributed by atoms with E-state index in [2.05, 4.69) is 64.7 Å². The Morgan fingerprint density at radius 3 is 2.89 bits per heavy atom. The zero-order valence-corrected chi connectivity index (χ0v) is 10.7. The van der Waals surface area contributed by atoms with E-state index in [1.807, 2.05) is 0 Å². The second kappa shape index (κ2) is 2.97. The number of aryl methyl sites for hydroxylation is 1. The smallest absolute Gasteiger partial charge is 0.119 e. The highest BCUT2D eigenvalue weighted by Crippen LogP contribution is 2.29. The van der Waals surface area contributed by atoms with E-state index in [1.54, 1.807) is 0 Å². The molecule has 0 saturated carbocycles. The normalized spacial score (nSPS) is 13.3. The predicted molar refractivity (Wildman–Crippen MR) is 76.4 cm³/mol. The Hall–Kier alpha value is -2.35. The highest BCUT2D eigenvalue weighted by molar-refractivity contribution is 5.97. The van der Waals surface area contributed by atoms with Gasteiger partial charge in [-0.25, -0.2) is 0 Å². The molecule has 2 aromatic heterocycles. The third-order valence-corrected chi connectivity index (χ3v) is 4.24. The SMILES string of the molecule is Cc1cc2c3c(ccc4c5ccccc5[n+](n43)C2)c1. The lowest BCUT2D eigenvalue weighted by molar-refractivity contribution is -0.721. The largest absolute Gasteiger partial charge is 0.240 e. The van der Waals surface area contributed by atoms with E-state index in [-0.39, 0.29) is 0 Å². The molecular weight excluding hydrogens is 232 g/mol. The molecule has 0 bridgehead atoms. The molecule has 2 aromatic carbocycles. The van der Waals surface area contributed by atoms with Crippen molar-refractivity contribution in [3.8, 4) is 0 Å². The van der Waals surface area contributed by atoms with Crippen LogP contribution in [0.2, 0.25) is 0 Å². The van der Waals surface area contributed by atoms with Crippen LogP contribution in [0.1, 0.15) is 11.1 Å². The first kappa shape index (κ1) is 9.56. The van der Waals surface area contributed by atoms with Crippen LogP contribution in [0, 0.1) is 6.92 Å². The molecule has 0 unspecified atom stereocenters. The fourth-order valence-electron chi connectivity index (χ4n) is 3.54. The van der Waals surface area contributed by atoms with Crippen molar-refractivity contribution in [3.63, 3.8) is 0 Å². The lowest BCUT2D eigenvalue weighted by Gasteiger charge is -1.99. The first-order chi connectivity index (χ1) is 9.33. The third kappa shape index (κ3) is 1.01. The minimum Gasteiger partial charge on any atom is -0.119 e. The Morgan fingerprint density at radius 2 is 1.95 bits per heavy atom. The minimum atomic E-state index is 0.978. The summed E-state index contributed by atoms with van der Waals surface area (Å²) in [5.41, 5.74) is 6.79. The summed E-state index contributed by atoms with van der Waals surface area (Å²) < 4.78 is 4.77. The van der Waals surface area contributed by atoms with Crippen LogP contribution in [-0.2, 0) is 6.54 Å². The summed E-state index contributed by atoms with van der Waals surface area (Å²) in [7, 11) is 0. The van der Waals surface area contributed by atoms with Gasteiger partial charge < -0.3 is 0 Å². The number of benzene rings is 2. The average molecular weight is 245 g/mol. The summed E-state index contributed by atoms with van der Waals surface area (Å²) in [6, 6.07) is 17.8. The highest BCUT2D eigenvalue weighted by Gasteiger charge is 2.28. The Labute approximate surface area is 110 Å². The summed E-state index contributed by atoms with van der Waals surface area (Å²) in [4.78, 5) is 0. The number of hydrogen-bond donors (Lipinski definition) is 0. The quantitative estimate of drug-likeness (QED) is 0.370. The molecule has 19 heavy (non-hydrogen) atoms. The molecular formula is C17H13N2+. The molecule has 1 aliphatic heterocycles. The van der Waals surface area contributed by atoms with E-state index in [4.69, 9.17) is 0 Å². The van der Waals surface area contributed by atoms with Crippen LogP contribution in [0.15, 0.2) is 48.5 Å². The van der Waals surface area contributed by atoms with Gasteiger partial charge in [0.1, 0.15) is 11.0 Å². The van der Waals surface area contributed by atoms with Gasteiger partial charge in [-0.2, -0.15) is 0 Å². The number of hydrogen-bond acceptors (Lipinski definition) is 0. The van der Waals surface area contributed by atoms with Crippen LogP contribution in [0.4, 0.5) is 0 Å². The molecule has 2 heteroatoms. The van der Waals surface area contributed by atoms with Crippen molar-refractivity contribution in [2.24, 2.45) is 0 Å². The van der Waals surface area contributed by atoms with Gasteiger partial charge in [0, 0.05) is 17.0 Å². The first-order valence-corrected chi connectivity index (χ1v) is 6.68. The van der Waals surface area contributed by atoms with E-state index >= 15 is 0 Å². The standard InChI is InChI=1S/C17H13N2/c1-11-8-12-6-7-16-14-4-2-3-5-15(14)18-10-13(9-11)17(12)19(16)18/h2-9H,10H2,1H3/q+1. The monoisotopic (exact) mass is 245 g/mol. The number of nitrogens with zero attached hydrogens (tertiary/aromatic N) is 2. The second-order valence-corrected chi connectivity index (χ2v) is 5.47. The summed E-state index contributed by atoms with van der Waals surface area (Å²) >= 11 is 0. The summed E-state index contributed by atoms with van der Waals surface area (Å²) in [6.07, 6.45) is 0. The number of pyridine rings is 1. The number of aromatic nitrogens is 2. The van der Waals surface area contributed by atoms with Crippen LogP contribution in [0.3, 0.4) is 0 Å². The van der Waals surface area contributed by atoms with Crippen LogP contribution in [0.5, 0.6) is 0 Å². The first-order valence-electron chi connectivity index (χ1n) is 6.68. The second-order valence-electron chi connectivity index (χ2n) is 5.47. The van der Waals surface area contributed by atoms with Crippen LogP contribution in [-0.4, -0.2) is 4.52 Å². The maximum atomic E-state index is 2.39. The van der Waals surface area contributed by atoms with Gasteiger partial charge >= 0.3 is 0 Å². The Kier molecular flexibility index (Phi) is 1.49. The third-order valence-electron chi connectivity index (χ3n) is 4.24. The maximum Gasteiger partial charge on any atom is 0.240 e. The van der Waals surface area contributed by atoms with Gasteiger partial charge in [-0.3, -0.25) is 0 Å². The van der Waals surface area contributed by atoms with Crippen molar-refractivity contribution in [2.45, 2.75) is 13.5 Å². The Bertz CT molecular complexity index is 993. The lowest BCUT2D eigenvalue weighted by Crippen LogP contribution is -2.36. The van der Waals surface area contributed by atoms with E-state index < -0.39 is 0 Å². The Morgan fingerprint density at radius 1 is 1.05 bits per heavy atom. The molecule has 0 aliphatic carbocycles. The van der Waals surface area contributed by atoms with Gasteiger partial charge in [-0.1, -0.05) is 22.9 Å². The van der Waals surface area contributed by atoms with Gasteiger partial charge in [0.25, 0.3) is 0 Å². The molecule has 3 heterocycles. The van der Waals surface area contributed by atoms with Gasteiger partial charge in [-0.05, 0) is 36.8 Å². The van der Waals surface area contributed by atoms with Crippen molar-refractivity contribution in [3.05, 3.63) is 59.7 Å². The topological polar surface area (TPSA) is 8.29 Å². The van der Waals surface area contributed by atoms with Gasteiger partial charge in [-0.15, -0.1) is 4.52 Å². The Balaban J connectivity index is 2.16. The van der Waals surface area contributed by atoms with Crippen LogP contribution < -0.4 is 4.68 Å². The molecule has 2 nitrogen and oxygen atoms in total. The summed E-state index contributed by atoms with van der Waals surface area (Å²) in [6.45, 7) is 3.16. The van der Waals surface area contributed by atoms with Gasteiger partial charge in [0.2, 0.25) is 12.1 Å². The maximum absolute atomic E-state index is 2.39. The lowest BCUT2D eigenvalue weighted by atomic mass is 10.1. The fraction of sp³-hybridized carbons (Fsp3) is 0.118. The van der Waals surface area contributed by atoms with Crippen LogP contribution >= 0.6 is 0 Å². The number of para-hydroxylation sites is 1. The molecule has 0 spiro atoms. The number of fused-ring (bicyclic) bond motifs is 3. The number of rotatable bonds is 0. The molecule has 0 saturated heterocycles. The zero-order chi connectivity index (χ0) is 12.6. The molecule has 90 valence electrons. The van der Waals surface area contributed by atoms with Gasteiger partial charge in [0.05, 0.1) is 5.39 Å². The van der Waals surface area contributed by atoms with Crippen LogP contribution in [0.25, 0.3) is 27.3 Å². The van der Waals surface area contributed by atoms with Crippen molar-refractivity contribution >= 4 is 27.3 Å². The molecule has 0 N–H and O–H groups in total. The van der Waals surface area contributed by atoms with E-state index in [9.17, 15) is 0 Å².